The van der Waals surface area contributed by atoms with Crippen LogP contribution in [-0.4, -0.2) is 26.9 Å². The number of hydrogen-bond acceptors (Lipinski definition) is 6. The zero-order valence-electron chi connectivity index (χ0n) is 14.9. The van der Waals surface area contributed by atoms with Gasteiger partial charge in [-0.05, 0) is 48.2 Å². The number of nitrogens with zero attached hydrogens (tertiary/aromatic N) is 2. The van der Waals surface area contributed by atoms with Crippen LogP contribution >= 0.6 is 11.3 Å². The van der Waals surface area contributed by atoms with Crippen LogP contribution < -0.4 is 4.90 Å². The number of benzene rings is 1. The Morgan fingerprint density at radius 3 is 2.64 bits per heavy atom. The van der Waals surface area contributed by atoms with Crippen molar-refractivity contribution in [2.24, 2.45) is 0 Å². The number of thiophene rings is 1. The van der Waals surface area contributed by atoms with E-state index in [0.29, 0.717) is 10.6 Å². The molecule has 0 spiro atoms. The van der Waals surface area contributed by atoms with Gasteiger partial charge < -0.3 is 10.2 Å². The summed E-state index contributed by atoms with van der Waals surface area (Å²) in [7, 11) is 0. The van der Waals surface area contributed by atoms with E-state index in [4.69, 9.17) is 0 Å². The van der Waals surface area contributed by atoms with Crippen LogP contribution in [0.3, 0.4) is 0 Å². The lowest BCUT2D eigenvalue weighted by Gasteiger charge is -2.26. The number of phenolic OH excluding ortho intramolecular Hbond substituents is 1. The molecule has 1 aliphatic rings. The maximum Gasteiger partial charge on any atom is 0.294 e. The Balaban J connectivity index is 1.92. The highest BCUT2D eigenvalue weighted by atomic mass is 32.1. The highest BCUT2D eigenvalue weighted by Crippen LogP contribution is 2.44. The zero-order valence-corrected chi connectivity index (χ0v) is 15.7. The fraction of sp³-hybridized carbons (Fsp3) is 0.0952. The Labute approximate surface area is 165 Å². The fourth-order valence-electron chi connectivity index (χ4n) is 3.27. The molecule has 4 rings (SSSR count). The second kappa shape index (κ2) is 6.94. The highest BCUT2D eigenvalue weighted by Gasteiger charge is 2.46. The molecule has 1 aliphatic heterocycles. The summed E-state index contributed by atoms with van der Waals surface area (Å²) in [6.45, 7) is 1.82. The number of aliphatic hydroxyl groups is 1. The molecule has 140 valence electrons. The van der Waals surface area contributed by atoms with Crippen molar-refractivity contribution in [1.29, 1.82) is 0 Å². The number of aliphatic hydroxyl groups excluding tert-OH is 1. The topological polar surface area (TPSA) is 90.7 Å². The number of pyridine rings is 1. The molecule has 1 aromatic carbocycles. The average Bonchev–Trinajstić information content (AvgIpc) is 3.32. The van der Waals surface area contributed by atoms with E-state index in [-0.39, 0.29) is 17.0 Å². The van der Waals surface area contributed by atoms with Gasteiger partial charge in [-0.3, -0.25) is 19.5 Å². The number of aromatic nitrogens is 1. The first kappa shape index (κ1) is 17.9. The number of carbonyl (C=O) groups excluding carboxylic acids is 2. The van der Waals surface area contributed by atoms with E-state index in [1.807, 2.05) is 6.92 Å². The monoisotopic (exact) mass is 392 g/mol. The van der Waals surface area contributed by atoms with E-state index in [1.54, 1.807) is 54.0 Å². The fourth-order valence-corrected chi connectivity index (χ4v) is 3.95. The minimum absolute atomic E-state index is 0.0490. The number of ketones is 1. The number of Topliss-reactive ketones (excluding diaryl/α,β-unsaturated/α-hetero) is 1. The molecule has 1 amide bonds. The van der Waals surface area contributed by atoms with Crippen LogP contribution in [0.25, 0.3) is 0 Å². The third-order valence-corrected chi connectivity index (χ3v) is 5.42. The maximum absolute atomic E-state index is 13.1. The first-order valence-electron chi connectivity index (χ1n) is 8.54. The number of aromatic hydroxyl groups is 1. The zero-order chi connectivity index (χ0) is 19.8. The van der Waals surface area contributed by atoms with Crippen molar-refractivity contribution in [1.82, 2.24) is 4.98 Å². The van der Waals surface area contributed by atoms with E-state index in [1.165, 1.54) is 22.3 Å². The number of hydrogen-bond donors (Lipinski definition) is 2. The van der Waals surface area contributed by atoms with Gasteiger partial charge in [-0.2, -0.15) is 0 Å². The van der Waals surface area contributed by atoms with Gasteiger partial charge >= 0.3 is 0 Å². The first-order chi connectivity index (χ1) is 13.5. The summed E-state index contributed by atoms with van der Waals surface area (Å²) < 4.78 is 0. The summed E-state index contributed by atoms with van der Waals surface area (Å²) in [6.07, 6.45) is 1.55. The summed E-state index contributed by atoms with van der Waals surface area (Å²) in [4.78, 5) is 32.0. The molecule has 0 radical (unpaired) electrons. The summed E-state index contributed by atoms with van der Waals surface area (Å²) in [5, 5.41) is 22.7. The largest absolute Gasteiger partial charge is 0.506 e. The van der Waals surface area contributed by atoms with Crippen molar-refractivity contribution >= 4 is 28.7 Å². The van der Waals surface area contributed by atoms with Crippen molar-refractivity contribution in [3.63, 3.8) is 0 Å². The molecule has 1 atom stereocenters. The molecule has 1 unspecified atom stereocenters. The lowest BCUT2D eigenvalue weighted by Crippen LogP contribution is -2.31. The van der Waals surface area contributed by atoms with Gasteiger partial charge in [0.1, 0.15) is 11.8 Å². The molecule has 3 aromatic rings. The Morgan fingerprint density at radius 2 is 1.96 bits per heavy atom. The van der Waals surface area contributed by atoms with E-state index in [2.05, 4.69) is 4.98 Å². The van der Waals surface area contributed by atoms with Gasteiger partial charge in [-0.1, -0.05) is 18.2 Å². The third kappa shape index (κ3) is 2.86. The summed E-state index contributed by atoms with van der Waals surface area (Å²) in [6, 6.07) is 12.4. The van der Waals surface area contributed by atoms with Gasteiger partial charge in [0.15, 0.2) is 5.76 Å². The van der Waals surface area contributed by atoms with Crippen molar-refractivity contribution in [3.8, 4) is 5.75 Å². The van der Waals surface area contributed by atoms with Gasteiger partial charge in [-0.25, -0.2) is 0 Å². The van der Waals surface area contributed by atoms with Crippen molar-refractivity contribution in [2.45, 2.75) is 13.0 Å². The van der Waals surface area contributed by atoms with Crippen molar-refractivity contribution in [2.75, 3.05) is 4.90 Å². The number of anilines is 1. The highest BCUT2D eigenvalue weighted by molar-refractivity contribution is 7.12. The quantitative estimate of drug-likeness (QED) is 0.657. The van der Waals surface area contributed by atoms with E-state index in [9.17, 15) is 19.8 Å². The van der Waals surface area contributed by atoms with E-state index in [0.717, 1.165) is 5.56 Å². The van der Waals surface area contributed by atoms with Gasteiger partial charge in [0.05, 0.1) is 21.8 Å². The van der Waals surface area contributed by atoms with Crippen molar-refractivity contribution < 1.29 is 19.8 Å². The Morgan fingerprint density at radius 1 is 1.14 bits per heavy atom. The number of phenols is 1. The van der Waals surface area contributed by atoms with Gasteiger partial charge in [0, 0.05) is 6.20 Å². The van der Waals surface area contributed by atoms with Crippen molar-refractivity contribution in [3.05, 3.63) is 87.6 Å². The van der Waals surface area contributed by atoms with Crippen LogP contribution in [0.1, 0.15) is 27.0 Å². The molecular formula is C21H16N2O4S. The van der Waals surface area contributed by atoms with Crippen LogP contribution in [0.4, 0.5) is 5.69 Å². The molecule has 0 aliphatic carbocycles. The summed E-state index contributed by atoms with van der Waals surface area (Å²) in [5.41, 5.74) is 1.40. The number of rotatable bonds is 4. The molecule has 2 N–H and O–H groups in total. The normalized spacial score (nSPS) is 16.7. The molecular weight excluding hydrogens is 376 g/mol. The lowest BCUT2D eigenvalue weighted by molar-refractivity contribution is -0.117. The molecule has 0 saturated carbocycles. The van der Waals surface area contributed by atoms with Crippen LogP contribution in [0.2, 0.25) is 0 Å². The Bertz CT molecular complexity index is 1090. The predicted octanol–water partition coefficient (Wildman–Crippen LogP) is 3.94. The van der Waals surface area contributed by atoms with Crippen LogP contribution in [0.15, 0.2) is 71.4 Å². The Kier molecular flexibility index (Phi) is 4.44. The van der Waals surface area contributed by atoms with Gasteiger partial charge in [0.25, 0.3) is 5.91 Å². The molecule has 2 aromatic heterocycles. The van der Waals surface area contributed by atoms with Crippen LogP contribution in [0, 0.1) is 6.92 Å². The minimum atomic E-state index is -0.948. The molecule has 3 heterocycles. The van der Waals surface area contributed by atoms with Gasteiger partial charge in [-0.15, -0.1) is 11.3 Å². The molecule has 7 heteroatoms. The summed E-state index contributed by atoms with van der Waals surface area (Å²) >= 11 is 1.23. The Hall–Kier alpha value is -3.45. The second-order valence-corrected chi connectivity index (χ2v) is 7.34. The maximum atomic E-state index is 13.1. The lowest BCUT2D eigenvalue weighted by atomic mass is 9.98. The van der Waals surface area contributed by atoms with Crippen LogP contribution in [0.5, 0.6) is 5.75 Å². The number of aryl methyl sites for hydroxylation is 1. The smallest absolute Gasteiger partial charge is 0.294 e. The SMILES string of the molecule is Cc1ccc(O)c(N2C(=O)C(O)=C(C(=O)c3cccs3)C2c2ccccn2)c1. The van der Waals surface area contributed by atoms with Crippen LogP contribution in [-0.2, 0) is 4.79 Å². The standard InChI is InChI=1S/C21H16N2O4S/c1-12-7-8-15(24)14(11-12)23-18(13-5-2-3-9-22-13)17(20(26)21(23)27)19(25)16-6-4-10-28-16/h2-11,18,24,26H,1H3. The molecule has 6 nitrogen and oxygen atoms in total. The molecule has 0 bridgehead atoms. The number of carbonyl (C=O) groups is 2. The van der Waals surface area contributed by atoms with E-state index < -0.39 is 23.5 Å². The van der Waals surface area contributed by atoms with E-state index >= 15 is 0 Å². The molecule has 0 fully saturated rings. The molecule has 0 saturated heterocycles. The average molecular weight is 392 g/mol. The molecule has 28 heavy (non-hydrogen) atoms. The second-order valence-electron chi connectivity index (χ2n) is 6.39. The number of amides is 1. The first-order valence-corrected chi connectivity index (χ1v) is 9.42. The van der Waals surface area contributed by atoms with Gasteiger partial charge in [0.2, 0.25) is 5.78 Å². The predicted molar refractivity (Wildman–Crippen MR) is 106 cm³/mol. The minimum Gasteiger partial charge on any atom is -0.506 e. The third-order valence-electron chi connectivity index (χ3n) is 4.56. The summed E-state index contributed by atoms with van der Waals surface area (Å²) in [5.74, 6) is -1.95.